The van der Waals surface area contributed by atoms with Gasteiger partial charge in [-0.05, 0) is 43.5 Å². The lowest BCUT2D eigenvalue weighted by atomic mass is 9.91. The Labute approximate surface area is 184 Å². The van der Waals surface area contributed by atoms with Crippen LogP contribution in [-0.2, 0) is 6.54 Å². The summed E-state index contributed by atoms with van der Waals surface area (Å²) >= 11 is 0. The lowest BCUT2D eigenvalue weighted by Crippen LogP contribution is -2.18. The minimum Gasteiger partial charge on any atom is -0.478 e. The number of methoxy groups -OCH3 is 1. The highest BCUT2D eigenvalue weighted by Gasteiger charge is 2.27. The molecule has 1 aliphatic rings. The SMILES string of the molecule is COc1nc(/C=C/c2nc3n(n2)CCC[C@H]3c2ccccc2F)cnc1-n1cnc(C)c1. The van der Waals surface area contributed by atoms with E-state index >= 15 is 0 Å². The average Bonchev–Trinajstić information content (AvgIpc) is 3.43. The van der Waals surface area contributed by atoms with E-state index < -0.39 is 0 Å². The zero-order valence-electron chi connectivity index (χ0n) is 17.8. The third-order valence-corrected chi connectivity index (χ3v) is 5.47. The van der Waals surface area contributed by atoms with E-state index in [1.165, 1.54) is 6.07 Å². The number of imidazole rings is 1. The zero-order valence-corrected chi connectivity index (χ0v) is 17.8. The van der Waals surface area contributed by atoms with Gasteiger partial charge in [0.2, 0.25) is 5.82 Å². The van der Waals surface area contributed by atoms with Gasteiger partial charge in [-0.3, -0.25) is 4.57 Å². The van der Waals surface area contributed by atoms with Crippen molar-refractivity contribution in [2.24, 2.45) is 0 Å². The predicted molar refractivity (Wildman–Crippen MR) is 117 cm³/mol. The van der Waals surface area contributed by atoms with Crippen LogP contribution in [0.4, 0.5) is 4.39 Å². The van der Waals surface area contributed by atoms with Crippen molar-refractivity contribution in [1.82, 2.24) is 34.3 Å². The Morgan fingerprint density at radius 1 is 1.16 bits per heavy atom. The molecule has 5 rings (SSSR count). The van der Waals surface area contributed by atoms with Crippen LogP contribution in [-0.4, -0.2) is 41.4 Å². The van der Waals surface area contributed by atoms with Crippen molar-refractivity contribution in [2.75, 3.05) is 7.11 Å². The summed E-state index contributed by atoms with van der Waals surface area (Å²) in [5, 5.41) is 4.59. The van der Waals surface area contributed by atoms with Crippen molar-refractivity contribution in [3.8, 4) is 11.7 Å². The average molecular weight is 431 g/mol. The highest BCUT2D eigenvalue weighted by molar-refractivity contribution is 5.64. The second kappa shape index (κ2) is 8.33. The smallest absolute Gasteiger partial charge is 0.258 e. The number of rotatable bonds is 5. The third kappa shape index (κ3) is 3.77. The van der Waals surface area contributed by atoms with Crippen LogP contribution in [0.5, 0.6) is 5.88 Å². The summed E-state index contributed by atoms with van der Waals surface area (Å²) in [5.74, 6) is 1.99. The van der Waals surface area contributed by atoms with Crippen LogP contribution in [0.2, 0.25) is 0 Å². The van der Waals surface area contributed by atoms with E-state index in [-0.39, 0.29) is 11.7 Å². The first-order valence-corrected chi connectivity index (χ1v) is 10.4. The Balaban J connectivity index is 1.42. The second-order valence-corrected chi connectivity index (χ2v) is 7.65. The molecule has 0 saturated carbocycles. The number of halogens is 1. The topological polar surface area (TPSA) is 83.5 Å². The van der Waals surface area contributed by atoms with Crippen LogP contribution < -0.4 is 4.74 Å². The molecule has 3 aromatic heterocycles. The van der Waals surface area contributed by atoms with Gasteiger partial charge in [0.25, 0.3) is 5.88 Å². The largest absolute Gasteiger partial charge is 0.478 e. The Bertz CT molecular complexity index is 1290. The molecule has 1 atom stereocenters. The molecule has 0 N–H and O–H groups in total. The summed E-state index contributed by atoms with van der Waals surface area (Å²) in [6.45, 7) is 2.68. The van der Waals surface area contributed by atoms with Gasteiger partial charge in [0.1, 0.15) is 18.0 Å². The third-order valence-electron chi connectivity index (χ3n) is 5.47. The maximum Gasteiger partial charge on any atom is 0.258 e. The van der Waals surface area contributed by atoms with E-state index in [9.17, 15) is 4.39 Å². The molecule has 0 spiro atoms. The van der Waals surface area contributed by atoms with Crippen LogP contribution in [0, 0.1) is 12.7 Å². The van der Waals surface area contributed by atoms with Crippen LogP contribution in [0.15, 0.2) is 43.0 Å². The lowest BCUT2D eigenvalue weighted by Gasteiger charge is -2.22. The van der Waals surface area contributed by atoms with Gasteiger partial charge in [-0.15, -0.1) is 0 Å². The summed E-state index contributed by atoms with van der Waals surface area (Å²) < 4.78 is 23.4. The monoisotopic (exact) mass is 431 g/mol. The summed E-state index contributed by atoms with van der Waals surface area (Å²) in [6, 6.07) is 6.88. The highest BCUT2D eigenvalue weighted by atomic mass is 19.1. The zero-order chi connectivity index (χ0) is 22.1. The molecule has 9 heteroatoms. The van der Waals surface area contributed by atoms with Crippen molar-refractivity contribution in [1.29, 1.82) is 0 Å². The van der Waals surface area contributed by atoms with Crippen LogP contribution >= 0.6 is 0 Å². The van der Waals surface area contributed by atoms with E-state index in [2.05, 4.69) is 25.0 Å². The second-order valence-electron chi connectivity index (χ2n) is 7.65. The van der Waals surface area contributed by atoms with Gasteiger partial charge < -0.3 is 4.74 Å². The number of hydrogen-bond acceptors (Lipinski definition) is 6. The van der Waals surface area contributed by atoms with E-state index in [0.717, 1.165) is 30.9 Å². The summed E-state index contributed by atoms with van der Waals surface area (Å²) in [6.07, 6.45) is 10.5. The number of nitrogens with zero attached hydrogens (tertiary/aromatic N) is 7. The number of aryl methyl sites for hydroxylation is 2. The number of ether oxygens (including phenoxy) is 1. The molecular weight excluding hydrogens is 409 g/mol. The molecule has 4 aromatic rings. The van der Waals surface area contributed by atoms with Crippen molar-refractivity contribution < 1.29 is 9.13 Å². The van der Waals surface area contributed by atoms with Crippen LogP contribution in [0.25, 0.3) is 18.0 Å². The molecule has 0 fully saturated rings. The molecule has 162 valence electrons. The minimum absolute atomic E-state index is 0.0996. The van der Waals surface area contributed by atoms with E-state index in [1.807, 2.05) is 29.9 Å². The Kier molecular flexibility index (Phi) is 5.22. The minimum atomic E-state index is -0.207. The quantitative estimate of drug-likeness (QED) is 0.478. The van der Waals surface area contributed by atoms with Gasteiger partial charge in [0.15, 0.2) is 5.82 Å². The lowest BCUT2D eigenvalue weighted by molar-refractivity contribution is 0.393. The molecule has 1 aromatic carbocycles. The molecule has 0 amide bonds. The first-order valence-electron chi connectivity index (χ1n) is 10.4. The number of fused-ring (bicyclic) bond motifs is 1. The summed E-state index contributed by atoms with van der Waals surface area (Å²) in [4.78, 5) is 17.9. The first-order chi connectivity index (χ1) is 15.6. The molecule has 0 saturated heterocycles. The summed E-state index contributed by atoms with van der Waals surface area (Å²) in [7, 11) is 1.55. The fraction of sp³-hybridized carbons (Fsp3) is 0.261. The fourth-order valence-corrected chi connectivity index (χ4v) is 3.96. The van der Waals surface area contributed by atoms with Crippen molar-refractivity contribution in [2.45, 2.75) is 32.2 Å². The van der Waals surface area contributed by atoms with E-state index in [0.29, 0.717) is 28.8 Å². The fourth-order valence-electron chi connectivity index (χ4n) is 3.96. The molecule has 0 aliphatic carbocycles. The van der Waals surface area contributed by atoms with Crippen LogP contribution in [0.3, 0.4) is 0 Å². The predicted octanol–water partition coefficient (Wildman–Crippen LogP) is 3.81. The molecule has 0 unspecified atom stereocenters. The van der Waals surface area contributed by atoms with Gasteiger partial charge in [-0.1, -0.05) is 18.2 Å². The normalized spacial score (nSPS) is 15.8. The maximum atomic E-state index is 14.4. The maximum absolute atomic E-state index is 14.4. The molecule has 1 aliphatic heterocycles. The number of hydrogen-bond donors (Lipinski definition) is 0. The first kappa shape index (κ1) is 20.0. The van der Waals surface area contributed by atoms with Crippen LogP contribution in [0.1, 0.15) is 47.4 Å². The van der Waals surface area contributed by atoms with Gasteiger partial charge in [-0.25, -0.2) is 29.0 Å². The molecule has 4 heterocycles. The Morgan fingerprint density at radius 2 is 2.03 bits per heavy atom. The van der Waals surface area contributed by atoms with E-state index in [4.69, 9.17) is 4.74 Å². The Morgan fingerprint density at radius 3 is 2.81 bits per heavy atom. The highest BCUT2D eigenvalue weighted by Crippen LogP contribution is 2.33. The molecule has 32 heavy (non-hydrogen) atoms. The van der Waals surface area contributed by atoms with Crippen molar-refractivity contribution >= 4 is 12.2 Å². The molecule has 0 radical (unpaired) electrons. The molecule has 0 bridgehead atoms. The molecule has 8 nitrogen and oxygen atoms in total. The van der Waals surface area contributed by atoms with Gasteiger partial charge in [0, 0.05) is 18.7 Å². The van der Waals surface area contributed by atoms with Crippen molar-refractivity contribution in [3.05, 3.63) is 77.4 Å². The summed E-state index contributed by atoms with van der Waals surface area (Å²) in [5.41, 5.74) is 2.15. The van der Waals surface area contributed by atoms with Gasteiger partial charge >= 0.3 is 0 Å². The van der Waals surface area contributed by atoms with Gasteiger partial charge in [0.05, 0.1) is 24.7 Å². The Hall–Kier alpha value is -3.88. The number of benzene rings is 1. The van der Waals surface area contributed by atoms with Gasteiger partial charge in [-0.2, -0.15) is 5.10 Å². The van der Waals surface area contributed by atoms with E-state index in [1.54, 1.807) is 42.4 Å². The number of aromatic nitrogens is 7. The molecular formula is C23H22FN7O. The van der Waals surface area contributed by atoms with Crippen molar-refractivity contribution in [3.63, 3.8) is 0 Å². The standard InChI is InChI=1S/C23H22FN7O/c1-15-13-30(14-26-15)22-23(32-2)27-16(12-25-22)9-10-20-28-21-18(7-5-11-31(21)29-20)17-6-3-4-8-19(17)24/h3-4,6,8-10,12-14,18H,5,7,11H2,1-2H3/b10-9+/t18-/m0/s1.